The first-order chi connectivity index (χ1) is 14.0. The zero-order chi connectivity index (χ0) is 20.4. The lowest BCUT2D eigenvalue weighted by Gasteiger charge is -2.21. The van der Waals surface area contributed by atoms with E-state index in [1.54, 1.807) is 4.57 Å². The zero-order valence-corrected chi connectivity index (χ0v) is 16.5. The molecule has 1 aliphatic rings. The summed E-state index contributed by atoms with van der Waals surface area (Å²) in [5.41, 5.74) is 0.731. The van der Waals surface area contributed by atoms with Crippen molar-refractivity contribution in [3.8, 4) is 0 Å². The molecule has 1 N–H and O–H groups in total. The molecule has 0 saturated carbocycles. The Labute approximate surface area is 169 Å². The van der Waals surface area contributed by atoms with Crippen molar-refractivity contribution in [1.82, 2.24) is 14.9 Å². The average Bonchev–Trinajstić information content (AvgIpc) is 3.38. The Kier molecular flexibility index (Phi) is 5.57. The van der Waals surface area contributed by atoms with Crippen LogP contribution in [0.2, 0.25) is 0 Å². The number of halogens is 2. The second kappa shape index (κ2) is 8.28. The molecule has 1 amide bonds. The van der Waals surface area contributed by atoms with Crippen molar-refractivity contribution in [2.45, 2.75) is 32.4 Å². The van der Waals surface area contributed by atoms with Crippen LogP contribution in [0.4, 0.5) is 14.7 Å². The van der Waals surface area contributed by atoms with E-state index in [9.17, 15) is 18.4 Å². The van der Waals surface area contributed by atoms with E-state index in [4.69, 9.17) is 0 Å². The van der Waals surface area contributed by atoms with E-state index in [0.717, 1.165) is 38.1 Å². The number of thiophene rings is 1. The van der Waals surface area contributed by atoms with Gasteiger partial charge < -0.3 is 10.2 Å². The number of hydrogen-bond donors (Lipinski definition) is 1. The van der Waals surface area contributed by atoms with Crippen LogP contribution in [0.1, 0.15) is 24.8 Å². The minimum absolute atomic E-state index is 0.0406. The van der Waals surface area contributed by atoms with Gasteiger partial charge >= 0.3 is 0 Å². The van der Waals surface area contributed by atoms with Crippen LogP contribution in [-0.2, 0) is 17.9 Å². The fraction of sp³-hybridized carbons (Fsp3) is 0.350. The van der Waals surface area contributed by atoms with Gasteiger partial charge in [0, 0.05) is 44.2 Å². The Bertz CT molecular complexity index is 1110. The summed E-state index contributed by atoms with van der Waals surface area (Å²) in [6, 6.07) is 5.06. The highest BCUT2D eigenvalue weighted by Crippen LogP contribution is 2.22. The van der Waals surface area contributed by atoms with Crippen molar-refractivity contribution >= 4 is 33.4 Å². The zero-order valence-electron chi connectivity index (χ0n) is 15.7. The molecule has 0 unspecified atom stereocenters. The first kappa shape index (κ1) is 19.5. The molecular formula is C20H20F2N4O2S. The first-order valence-corrected chi connectivity index (χ1v) is 10.3. The van der Waals surface area contributed by atoms with Gasteiger partial charge in [-0.25, -0.2) is 13.8 Å². The summed E-state index contributed by atoms with van der Waals surface area (Å²) in [5.74, 6) is -1.09. The number of carbonyl (C=O) groups is 1. The molecule has 3 aromatic rings. The summed E-state index contributed by atoms with van der Waals surface area (Å²) < 4.78 is 28.8. The first-order valence-electron chi connectivity index (χ1n) is 9.46. The topological polar surface area (TPSA) is 67.2 Å². The lowest BCUT2D eigenvalue weighted by Crippen LogP contribution is -2.33. The van der Waals surface area contributed by atoms with Crippen molar-refractivity contribution in [3.05, 3.63) is 57.2 Å². The second-order valence-corrected chi connectivity index (χ2v) is 7.88. The molecular weight excluding hydrogens is 398 g/mol. The maximum absolute atomic E-state index is 13.7. The van der Waals surface area contributed by atoms with Gasteiger partial charge in [0.15, 0.2) is 0 Å². The molecule has 3 heterocycles. The number of rotatable bonds is 6. The number of anilines is 1. The number of benzene rings is 1. The number of amides is 1. The molecule has 1 fully saturated rings. The van der Waals surface area contributed by atoms with Gasteiger partial charge in [0.2, 0.25) is 11.9 Å². The van der Waals surface area contributed by atoms with Crippen molar-refractivity contribution in [1.29, 1.82) is 0 Å². The predicted molar refractivity (Wildman–Crippen MR) is 108 cm³/mol. The SMILES string of the molecule is O=C(CCn1c(N2CCCC2)nc2ccsc2c1=O)NCc1ccc(F)cc1F. The van der Waals surface area contributed by atoms with E-state index in [-0.39, 0.29) is 36.5 Å². The Morgan fingerprint density at radius 3 is 2.76 bits per heavy atom. The molecule has 152 valence electrons. The van der Waals surface area contributed by atoms with Crippen LogP contribution in [0, 0.1) is 11.6 Å². The van der Waals surface area contributed by atoms with Crippen LogP contribution in [0.15, 0.2) is 34.4 Å². The highest BCUT2D eigenvalue weighted by atomic mass is 32.1. The smallest absolute Gasteiger partial charge is 0.272 e. The van der Waals surface area contributed by atoms with Gasteiger partial charge in [0.1, 0.15) is 16.3 Å². The monoisotopic (exact) mass is 418 g/mol. The van der Waals surface area contributed by atoms with E-state index in [1.165, 1.54) is 17.4 Å². The van der Waals surface area contributed by atoms with Gasteiger partial charge in [0.05, 0.1) is 5.52 Å². The quantitative estimate of drug-likeness (QED) is 0.668. The molecule has 9 heteroatoms. The molecule has 0 aliphatic carbocycles. The van der Waals surface area contributed by atoms with E-state index < -0.39 is 11.6 Å². The maximum Gasteiger partial charge on any atom is 0.272 e. The predicted octanol–water partition coefficient (Wildman–Crippen LogP) is 3.04. The molecule has 0 bridgehead atoms. The van der Waals surface area contributed by atoms with Gasteiger partial charge in [-0.2, -0.15) is 0 Å². The molecule has 1 saturated heterocycles. The van der Waals surface area contributed by atoms with E-state index >= 15 is 0 Å². The van der Waals surface area contributed by atoms with Crippen LogP contribution < -0.4 is 15.8 Å². The van der Waals surface area contributed by atoms with Gasteiger partial charge in [-0.3, -0.25) is 14.2 Å². The summed E-state index contributed by atoms with van der Waals surface area (Å²) in [7, 11) is 0. The Morgan fingerprint density at radius 1 is 1.21 bits per heavy atom. The maximum atomic E-state index is 13.7. The number of nitrogens with zero attached hydrogens (tertiary/aromatic N) is 3. The lowest BCUT2D eigenvalue weighted by molar-refractivity contribution is -0.121. The fourth-order valence-electron chi connectivity index (χ4n) is 3.45. The van der Waals surface area contributed by atoms with E-state index in [1.807, 2.05) is 11.4 Å². The van der Waals surface area contributed by atoms with Crippen molar-refractivity contribution in [2.24, 2.45) is 0 Å². The Balaban J connectivity index is 1.48. The standard InChI is InChI=1S/C20H20F2N4O2S/c21-14-4-3-13(15(22)11-14)12-23-17(27)5-9-26-19(28)18-16(6-10-29-18)24-20(26)25-7-1-2-8-25/h3-4,6,10-11H,1-2,5,7-9,12H2,(H,23,27). The fourth-order valence-corrected chi connectivity index (χ4v) is 4.23. The number of hydrogen-bond acceptors (Lipinski definition) is 5. The summed E-state index contributed by atoms with van der Waals surface area (Å²) in [6.45, 7) is 1.81. The van der Waals surface area contributed by atoms with Crippen LogP contribution in [0.3, 0.4) is 0 Å². The third-order valence-electron chi connectivity index (χ3n) is 4.99. The highest BCUT2D eigenvalue weighted by Gasteiger charge is 2.21. The number of nitrogens with one attached hydrogen (secondary N) is 1. The largest absolute Gasteiger partial charge is 0.352 e. The summed E-state index contributed by atoms with van der Waals surface area (Å²) >= 11 is 1.34. The Morgan fingerprint density at radius 2 is 2.00 bits per heavy atom. The highest BCUT2D eigenvalue weighted by molar-refractivity contribution is 7.17. The van der Waals surface area contributed by atoms with Crippen molar-refractivity contribution in [3.63, 3.8) is 0 Å². The van der Waals surface area contributed by atoms with Gasteiger partial charge in [-0.15, -0.1) is 11.3 Å². The summed E-state index contributed by atoms with van der Waals surface area (Å²) in [5, 5.41) is 4.46. The molecule has 1 aromatic carbocycles. The second-order valence-electron chi connectivity index (χ2n) is 6.96. The van der Waals surface area contributed by atoms with Gasteiger partial charge in [-0.05, 0) is 30.4 Å². The molecule has 0 radical (unpaired) electrons. The minimum atomic E-state index is -0.704. The van der Waals surface area contributed by atoms with Crippen LogP contribution in [0.5, 0.6) is 0 Å². The third kappa shape index (κ3) is 4.14. The van der Waals surface area contributed by atoms with Crippen molar-refractivity contribution < 1.29 is 13.6 Å². The number of carbonyl (C=O) groups excluding carboxylic acids is 1. The van der Waals surface area contributed by atoms with Crippen molar-refractivity contribution in [2.75, 3.05) is 18.0 Å². The molecule has 29 heavy (non-hydrogen) atoms. The Hall–Kier alpha value is -2.81. The van der Waals surface area contributed by atoms with Crippen LogP contribution in [-0.4, -0.2) is 28.5 Å². The third-order valence-corrected chi connectivity index (χ3v) is 5.88. The van der Waals surface area contributed by atoms with Crippen LogP contribution in [0.25, 0.3) is 10.2 Å². The van der Waals surface area contributed by atoms with Crippen LogP contribution >= 0.6 is 11.3 Å². The lowest BCUT2D eigenvalue weighted by atomic mass is 10.2. The van der Waals surface area contributed by atoms with E-state index in [2.05, 4.69) is 15.2 Å². The molecule has 1 aliphatic heterocycles. The average molecular weight is 418 g/mol. The van der Waals surface area contributed by atoms with Gasteiger partial charge in [0.25, 0.3) is 5.56 Å². The number of aromatic nitrogens is 2. The molecule has 2 aromatic heterocycles. The molecule has 0 atom stereocenters. The molecule has 6 nitrogen and oxygen atoms in total. The van der Waals surface area contributed by atoms with Gasteiger partial charge in [-0.1, -0.05) is 6.07 Å². The minimum Gasteiger partial charge on any atom is -0.352 e. The summed E-state index contributed by atoms with van der Waals surface area (Å²) in [6.07, 6.45) is 2.14. The number of fused-ring (bicyclic) bond motifs is 1. The normalized spacial score (nSPS) is 13.9. The van der Waals surface area contributed by atoms with E-state index in [0.29, 0.717) is 16.2 Å². The molecule has 0 spiro atoms. The summed E-state index contributed by atoms with van der Waals surface area (Å²) in [4.78, 5) is 31.9. The molecule has 4 rings (SSSR count).